The van der Waals surface area contributed by atoms with Crippen LogP contribution in [-0.4, -0.2) is 16.5 Å². The number of hydrogen-bond acceptors (Lipinski definition) is 3. The Morgan fingerprint density at radius 2 is 2.00 bits per heavy atom. The average Bonchev–Trinajstić information content (AvgIpc) is 2.84. The first-order valence-electron chi connectivity index (χ1n) is 6.66. The number of nitrogens with one attached hydrogen (secondary N) is 1. The van der Waals surface area contributed by atoms with Crippen molar-refractivity contribution >= 4 is 34.2 Å². The molecule has 0 radical (unpaired) electrons. The van der Waals surface area contributed by atoms with Crippen molar-refractivity contribution in [2.24, 2.45) is 4.99 Å². The number of rotatable bonds is 3. The van der Waals surface area contributed by atoms with E-state index in [4.69, 9.17) is 11.6 Å². The van der Waals surface area contributed by atoms with Crippen molar-refractivity contribution in [3.63, 3.8) is 0 Å². The Morgan fingerprint density at radius 1 is 1.33 bits per heavy atom. The fraction of sp³-hybridized carbons (Fsp3) is 0.500. The number of hydrogen-bond donors (Lipinski definition) is 1. The van der Waals surface area contributed by atoms with Gasteiger partial charge < -0.3 is 5.32 Å². The predicted octanol–water partition coefficient (Wildman–Crippen LogP) is 5.43. The molecule has 0 unspecified atom stereocenters. The summed E-state index contributed by atoms with van der Waals surface area (Å²) < 4.78 is 39.1. The fourth-order valence-corrected chi connectivity index (χ4v) is 3.69. The number of anilines is 1. The number of thioether (sulfide) groups is 1. The molecule has 0 spiro atoms. The first-order chi connectivity index (χ1) is 9.81. The third-order valence-electron chi connectivity index (χ3n) is 3.68. The lowest BCUT2D eigenvalue weighted by atomic mass is 9.97. The molecule has 0 saturated heterocycles. The Balaban J connectivity index is 2.33. The molecule has 1 aliphatic heterocycles. The van der Waals surface area contributed by atoms with Crippen molar-refractivity contribution in [3.05, 3.63) is 28.8 Å². The third kappa shape index (κ3) is 3.48. The summed E-state index contributed by atoms with van der Waals surface area (Å²) in [5.74, 6) is 0.772. The van der Waals surface area contributed by atoms with Crippen molar-refractivity contribution in [1.82, 2.24) is 0 Å². The van der Waals surface area contributed by atoms with Gasteiger partial charge >= 0.3 is 6.18 Å². The molecule has 21 heavy (non-hydrogen) atoms. The van der Waals surface area contributed by atoms with E-state index in [1.807, 2.05) is 13.8 Å². The second kappa shape index (κ2) is 6.08. The molecule has 1 N–H and O–H groups in total. The minimum Gasteiger partial charge on any atom is -0.333 e. The largest absolute Gasteiger partial charge is 0.418 e. The summed E-state index contributed by atoms with van der Waals surface area (Å²) in [5.41, 5.74) is -1.09. The second-order valence-electron chi connectivity index (χ2n) is 4.92. The summed E-state index contributed by atoms with van der Waals surface area (Å²) >= 11 is 7.36. The van der Waals surface area contributed by atoms with E-state index in [1.54, 1.807) is 0 Å². The first kappa shape index (κ1) is 16.5. The van der Waals surface area contributed by atoms with Gasteiger partial charge in [-0.15, -0.1) is 0 Å². The number of para-hydroxylation sites is 1. The molecule has 116 valence electrons. The summed E-state index contributed by atoms with van der Waals surface area (Å²) in [6, 6.07) is 3.75. The number of nitrogens with zero attached hydrogens (tertiary/aromatic N) is 1. The van der Waals surface area contributed by atoms with Crippen LogP contribution < -0.4 is 5.32 Å². The molecule has 0 saturated carbocycles. The zero-order valence-electron chi connectivity index (χ0n) is 11.7. The summed E-state index contributed by atoms with van der Waals surface area (Å²) in [7, 11) is 0. The molecule has 2 nitrogen and oxygen atoms in total. The minimum atomic E-state index is -4.45. The second-order valence-corrected chi connectivity index (χ2v) is 6.29. The van der Waals surface area contributed by atoms with Gasteiger partial charge in [-0.1, -0.05) is 43.3 Å². The monoisotopic (exact) mass is 336 g/mol. The van der Waals surface area contributed by atoms with Crippen molar-refractivity contribution in [2.75, 3.05) is 11.1 Å². The Labute approximate surface area is 131 Å². The number of aliphatic imine (C=N–C) groups is 1. The van der Waals surface area contributed by atoms with Crippen molar-refractivity contribution in [1.29, 1.82) is 0 Å². The van der Waals surface area contributed by atoms with E-state index in [2.05, 4.69) is 10.3 Å². The molecule has 7 heteroatoms. The highest BCUT2D eigenvalue weighted by Crippen LogP contribution is 2.40. The highest BCUT2D eigenvalue weighted by molar-refractivity contribution is 8.14. The molecular formula is C14H16ClF3N2S. The van der Waals surface area contributed by atoms with Crippen molar-refractivity contribution < 1.29 is 13.2 Å². The summed E-state index contributed by atoms with van der Waals surface area (Å²) in [6.45, 7) is 4.07. The van der Waals surface area contributed by atoms with E-state index < -0.39 is 11.7 Å². The molecule has 0 aromatic heterocycles. The van der Waals surface area contributed by atoms with Crippen LogP contribution in [0.4, 0.5) is 18.9 Å². The van der Waals surface area contributed by atoms with E-state index in [9.17, 15) is 13.2 Å². The number of alkyl halides is 3. The minimum absolute atomic E-state index is 0.0404. The summed E-state index contributed by atoms with van der Waals surface area (Å²) in [4.78, 5) is 4.56. The molecule has 1 heterocycles. The molecule has 0 bridgehead atoms. The van der Waals surface area contributed by atoms with Gasteiger partial charge in [0.1, 0.15) is 0 Å². The van der Waals surface area contributed by atoms with Crippen molar-refractivity contribution in [2.45, 2.75) is 38.4 Å². The molecule has 0 amide bonds. The van der Waals surface area contributed by atoms with E-state index in [0.717, 1.165) is 24.7 Å². The zero-order chi connectivity index (χ0) is 15.7. The molecule has 0 aliphatic carbocycles. The highest BCUT2D eigenvalue weighted by atomic mass is 35.5. The molecular weight excluding hydrogens is 321 g/mol. The van der Waals surface area contributed by atoms with E-state index in [0.29, 0.717) is 5.17 Å². The maximum Gasteiger partial charge on any atom is 0.418 e. The van der Waals surface area contributed by atoms with Crippen LogP contribution in [0.25, 0.3) is 0 Å². The Bertz CT molecular complexity index is 554. The normalized spacial score (nSPS) is 17.7. The summed E-state index contributed by atoms with van der Waals surface area (Å²) in [5, 5.41) is 3.31. The van der Waals surface area contributed by atoms with Crippen LogP contribution in [0.1, 0.15) is 32.3 Å². The van der Waals surface area contributed by atoms with Crippen LogP contribution in [0, 0.1) is 0 Å². The number of amidine groups is 1. The van der Waals surface area contributed by atoms with E-state index in [1.165, 1.54) is 23.9 Å². The van der Waals surface area contributed by atoms with E-state index >= 15 is 0 Å². The van der Waals surface area contributed by atoms with Gasteiger partial charge in [-0.25, -0.2) is 0 Å². The molecule has 0 atom stereocenters. The van der Waals surface area contributed by atoms with Gasteiger partial charge in [0.2, 0.25) is 0 Å². The third-order valence-corrected chi connectivity index (χ3v) is 5.15. The van der Waals surface area contributed by atoms with Gasteiger partial charge in [-0.3, -0.25) is 4.99 Å². The van der Waals surface area contributed by atoms with Crippen LogP contribution in [-0.2, 0) is 6.18 Å². The molecule has 1 aliphatic rings. The molecule has 1 aromatic carbocycles. The van der Waals surface area contributed by atoms with Gasteiger partial charge in [-0.05, 0) is 25.0 Å². The predicted molar refractivity (Wildman–Crippen MR) is 83.3 cm³/mol. The van der Waals surface area contributed by atoms with Crippen LogP contribution in [0.3, 0.4) is 0 Å². The zero-order valence-corrected chi connectivity index (χ0v) is 13.3. The lowest BCUT2D eigenvalue weighted by Crippen LogP contribution is -2.24. The Hall–Kier alpha value is -0.880. The maximum atomic E-state index is 13.0. The lowest BCUT2D eigenvalue weighted by Gasteiger charge is -2.20. The van der Waals surface area contributed by atoms with Crippen LogP contribution in [0.15, 0.2) is 23.2 Å². The van der Waals surface area contributed by atoms with E-state index in [-0.39, 0.29) is 16.2 Å². The number of halogens is 4. The first-order valence-corrected chi connectivity index (χ1v) is 8.03. The van der Waals surface area contributed by atoms with Gasteiger partial charge in [0.15, 0.2) is 5.17 Å². The number of benzene rings is 1. The topological polar surface area (TPSA) is 24.4 Å². The average molecular weight is 337 g/mol. The lowest BCUT2D eigenvalue weighted by molar-refractivity contribution is -0.136. The highest BCUT2D eigenvalue weighted by Gasteiger charge is 2.36. The Morgan fingerprint density at radius 3 is 2.52 bits per heavy atom. The van der Waals surface area contributed by atoms with Crippen LogP contribution >= 0.6 is 23.4 Å². The van der Waals surface area contributed by atoms with Gasteiger partial charge in [0.05, 0.1) is 21.8 Å². The SMILES string of the molecule is CCC1(CC)CSC(Nc2c(Cl)cccc2C(F)(F)F)=N1. The van der Waals surface area contributed by atoms with Crippen LogP contribution in [0.2, 0.25) is 5.02 Å². The van der Waals surface area contributed by atoms with Gasteiger partial charge in [0, 0.05) is 5.75 Å². The maximum absolute atomic E-state index is 13.0. The van der Waals surface area contributed by atoms with Crippen LogP contribution in [0.5, 0.6) is 0 Å². The van der Waals surface area contributed by atoms with Crippen molar-refractivity contribution in [3.8, 4) is 0 Å². The molecule has 0 fully saturated rings. The van der Waals surface area contributed by atoms with Gasteiger partial charge in [-0.2, -0.15) is 13.2 Å². The van der Waals surface area contributed by atoms with Gasteiger partial charge in [0.25, 0.3) is 0 Å². The summed E-state index contributed by atoms with van der Waals surface area (Å²) in [6.07, 6.45) is -2.74. The Kier molecular flexibility index (Phi) is 4.78. The quantitative estimate of drug-likeness (QED) is 0.795. The smallest absolute Gasteiger partial charge is 0.333 e. The fourth-order valence-electron chi connectivity index (χ4n) is 2.15. The molecule has 1 aromatic rings. The molecule has 2 rings (SSSR count). The standard InChI is InChI=1S/C14H16ClF3N2S/c1-3-13(4-2)8-21-12(20-13)19-11-9(14(16,17)18)6-5-7-10(11)15/h5-7H,3-4,8H2,1-2H3,(H,19,20).